The van der Waals surface area contributed by atoms with Gasteiger partial charge in [0.25, 0.3) is 0 Å². The van der Waals surface area contributed by atoms with Crippen LogP contribution in [0.1, 0.15) is 19.4 Å². The summed E-state index contributed by atoms with van der Waals surface area (Å²) in [6.07, 6.45) is 0.917. The molecule has 2 aromatic rings. The maximum absolute atomic E-state index is 14.0. The number of halogens is 2. The monoisotopic (exact) mass is 262 g/mol. The molecule has 0 saturated carbocycles. The van der Waals surface area contributed by atoms with Crippen molar-refractivity contribution >= 4 is 0 Å². The zero-order valence-corrected chi connectivity index (χ0v) is 11.0. The van der Waals surface area contributed by atoms with E-state index >= 15 is 0 Å². The number of ether oxygens (including phenoxy) is 1. The summed E-state index contributed by atoms with van der Waals surface area (Å²) in [6.45, 7) is 4.09. The minimum atomic E-state index is -0.932. The summed E-state index contributed by atoms with van der Waals surface area (Å²) in [5.41, 5.74) is 2.08. The molecule has 0 aliphatic carbocycles. The van der Waals surface area contributed by atoms with Gasteiger partial charge in [0.2, 0.25) is 5.82 Å². The Kier molecular flexibility index (Phi) is 4.15. The highest BCUT2D eigenvalue weighted by atomic mass is 19.2. The molecule has 19 heavy (non-hydrogen) atoms. The zero-order valence-electron chi connectivity index (χ0n) is 11.0. The molecule has 1 nitrogen and oxygen atoms in total. The van der Waals surface area contributed by atoms with E-state index in [2.05, 4.69) is 0 Å². The van der Waals surface area contributed by atoms with E-state index in [1.807, 2.05) is 19.1 Å². The van der Waals surface area contributed by atoms with Gasteiger partial charge in [-0.1, -0.05) is 31.2 Å². The van der Waals surface area contributed by atoms with Crippen LogP contribution in [0.4, 0.5) is 8.78 Å². The van der Waals surface area contributed by atoms with Crippen molar-refractivity contribution in [2.24, 2.45) is 0 Å². The lowest BCUT2D eigenvalue weighted by Crippen LogP contribution is -1.98. The molecule has 0 atom stereocenters. The van der Waals surface area contributed by atoms with Crippen LogP contribution >= 0.6 is 0 Å². The van der Waals surface area contributed by atoms with Gasteiger partial charge < -0.3 is 4.74 Å². The quantitative estimate of drug-likeness (QED) is 0.782. The van der Waals surface area contributed by atoms with Crippen molar-refractivity contribution in [2.75, 3.05) is 6.61 Å². The zero-order chi connectivity index (χ0) is 13.8. The Morgan fingerprint density at radius 1 is 0.895 bits per heavy atom. The third-order valence-electron chi connectivity index (χ3n) is 3.02. The second-order valence-corrected chi connectivity index (χ2v) is 4.22. The maximum atomic E-state index is 14.0. The van der Waals surface area contributed by atoms with Gasteiger partial charge in [-0.25, -0.2) is 4.39 Å². The summed E-state index contributed by atoms with van der Waals surface area (Å²) in [5.74, 6) is -1.84. The Hall–Kier alpha value is -1.90. The van der Waals surface area contributed by atoms with E-state index in [4.69, 9.17) is 4.74 Å². The Labute approximate surface area is 111 Å². The SMILES string of the molecule is CCOc1ccc(-c2ccc(CC)cc2)c(F)c1F. The summed E-state index contributed by atoms with van der Waals surface area (Å²) < 4.78 is 32.8. The highest BCUT2D eigenvalue weighted by Gasteiger charge is 2.15. The summed E-state index contributed by atoms with van der Waals surface area (Å²) in [6, 6.07) is 10.5. The van der Waals surface area contributed by atoms with Crippen molar-refractivity contribution in [3.8, 4) is 16.9 Å². The highest BCUT2D eigenvalue weighted by molar-refractivity contribution is 5.65. The van der Waals surface area contributed by atoms with Crippen LogP contribution in [0.3, 0.4) is 0 Å². The number of aryl methyl sites for hydroxylation is 1. The fourth-order valence-electron chi connectivity index (χ4n) is 1.94. The fraction of sp³-hybridized carbons (Fsp3) is 0.250. The van der Waals surface area contributed by atoms with Gasteiger partial charge in [-0.3, -0.25) is 0 Å². The molecular weight excluding hydrogens is 246 g/mol. The molecule has 0 amide bonds. The lowest BCUT2D eigenvalue weighted by molar-refractivity contribution is 0.314. The highest BCUT2D eigenvalue weighted by Crippen LogP contribution is 2.30. The van der Waals surface area contributed by atoms with Crippen LogP contribution in [0.5, 0.6) is 5.75 Å². The van der Waals surface area contributed by atoms with Gasteiger partial charge in [0.05, 0.1) is 6.61 Å². The van der Waals surface area contributed by atoms with Gasteiger partial charge in [-0.05, 0) is 36.6 Å². The minimum absolute atomic E-state index is 0.0473. The third-order valence-corrected chi connectivity index (χ3v) is 3.02. The van der Waals surface area contributed by atoms with E-state index in [0.29, 0.717) is 12.2 Å². The van der Waals surface area contributed by atoms with Gasteiger partial charge in [0, 0.05) is 5.56 Å². The second-order valence-electron chi connectivity index (χ2n) is 4.22. The molecule has 0 bridgehead atoms. The molecule has 0 N–H and O–H groups in total. The Morgan fingerprint density at radius 2 is 1.58 bits per heavy atom. The van der Waals surface area contributed by atoms with E-state index in [0.717, 1.165) is 12.0 Å². The first-order valence-corrected chi connectivity index (χ1v) is 6.37. The first kappa shape index (κ1) is 13.5. The third kappa shape index (κ3) is 2.75. The summed E-state index contributed by atoms with van der Waals surface area (Å²) >= 11 is 0. The second kappa shape index (κ2) is 5.83. The Bertz CT molecular complexity index is 562. The molecule has 0 spiro atoms. The predicted molar refractivity (Wildman–Crippen MR) is 72.3 cm³/mol. The molecule has 2 rings (SSSR count). The van der Waals surface area contributed by atoms with Crippen molar-refractivity contribution < 1.29 is 13.5 Å². The molecule has 0 saturated heterocycles. The van der Waals surface area contributed by atoms with E-state index in [1.165, 1.54) is 6.07 Å². The average molecular weight is 262 g/mol. The van der Waals surface area contributed by atoms with Crippen molar-refractivity contribution in [2.45, 2.75) is 20.3 Å². The lowest BCUT2D eigenvalue weighted by atomic mass is 10.0. The largest absolute Gasteiger partial charge is 0.491 e. The molecular formula is C16H16F2O. The van der Waals surface area contributed by atoms with E-state index < -0.39 is 11.6 Å². The van der Waals surface area contributed by atoms with Gasteiger partial charge in [0.15, 0.2) is 11.6 Å². The van der Waals surface area contributed by atoms with Gasteiger partial charge in [-0.2, -0.15) is 4.39 Å². The van der Waals surface area contributed by atoms with E-state index in [-0.39, 0.29) is 11.3 Å². The molecule has 0 radical (unpaired) electrons. The van der Waals surface area contributed by atoms with E-state index in [1.54, 1.807) is 25.1 Å². The van der Waals surface area contributed by atoms with Crippen LogP contribution in [-0.4, -0.2) is 6.61 Å². The maximum Gasteiger partial charge on any atom is 0.201 e. The van der Waals surface area contributed by atoms with Crippen molar-refractivity contribution in [1.82, 2.24) is 0 Å². The number of rotatable bonds is 4. The molecule has 0 fully saturated rings. The van der Waals surface area contributed by atoms with E-state index in [9.17, 15) is 8.78 Å². The standard InChI is InChI=1S/C16H16F2O/c1-3-11-5-7-12(8-6-11)13-9-10-14(19-4-2)16(18)15(13)17/h5-10H,3-4H2,1-2H3. The van der Waals surface area contributed by atoms with Crippen LogP contribution in [0.15, 0.2) is 36.4 Å². The first-order chi connectivity index (χ1) is 9.17. The average Bonchev–Trinajstić information content (AvgIpc) is 2.45. The van der Waals surface area contributed by atoms with Crippen molar-refractivity contribution in [3.05, 3.63) is 53.6 Å². The summed E-state index contributed by atoms with van der Waals surface area (Å²) in [5, 5.41) is 0. The van der Waals surface area contributed by atoms with Gasteiger partial charge in [-0.15, -0.1) is 0 Å². The van der Waals surface area contributed by atoms with Crippen LogP contribution in [0.25, 0.3) is 11.1 Å². The number of hydrogen-bond acceptors (Lipinski definition) is 1. The first-order valence-electron chi connectivity index (χ1n) is 6.37. The Morgan fingerprint density at radius 3 is 2.16 bits per heavy atom. The van der Waals surface area contributed by atoms with Crippen LogP contribution < -0.4 is 4.74 Å². The summed E-state index contributed by atoms with van der Waals surface area (Å²) in [7, 11) is 0. The lowest BCUT2D eigenvalue weighted by Gasteiger charge is -2.09. The minimum Gasteiger partial charge on any atom is -0.491 e. The fourth-order valence-corrected chi connectivity index (χ4v) is 1.94. The molecule has 0 aromatic heterocycles. The topological polar surface area (TPSA) is 9.23 Å². The van der Waals surface area contributed by atoms with Crippen molar-refractivity contribution in [1.29, 1.82) is 0 Å². The molecule has 2 aromatic carbocycles. The molecule has 3 heteroatoms. The molecule has 100 valence electrons. The van der Waals surface area contributed by atoms with Crippen LogP contribution in [0.2, 0.25) is 0 Å². The van der Waals surface area contributed by atoms with Gasteiger partial charge in [0.1, 0.15) is 0 Å². The molecule has 0 unspecified atom stereocenters. The normalized spacial score (nSPS) is 10.5. The van der Waals surface area contributed by atoms with Gasteiger partial charge >= 0.3 is 0 Å². The summed E-state index contributed by atoms with van der Waals surface area (Å²) in [4.78, 5) is 0. The molecule has 0 aliphatic rings. The van der Waals surface area contributed by atoms with Crippen molar-refractivity contribution in [3.63, 3.8) is 0 Å². The van der Waals surface area contributed by atoms with Crippen LogP contribution in [0, 0.1) is 11.6 Å². The smallest absolute Gasteiger partial charge is 0.201 e. The number of hydrogen-bond donors (Lipinski definition) is 0. The molecule has 0 heterocycles. The predicted octanol–water partition coefficient (Wildman–Crippen LogP) is 4.59. The van der Waals surface area contributed by atoms with Crippen LogP contribution in [-0.2, 0) is 6.42 Å². The number of benzene rings is 2. The Balaban J connectivity index is 2.41. The molecule has 0 aliphatic heterocycles.